The van der Waals surface area contributed by atoms with Gasteiger partial charge in [-0.25, -0.2) is 0 Å². The normalized spacial score (nSPS) is 14.5. The molecule has 1 fully saturated rings. The molecule has 2 aromatic carbocycles. The van der Waals surface area contributed by atoms with Gasteiger partial charge in [0.2, 0.25) is 23.3 Å². The van der Waals surface area contributed by atoms with Crippen LogP contribution in [0.4, 0.5) is 0 Å². The van der Waals surface area contributed by atoms with Crippen LogP contribution in [0.25, 0.3) is 12.2 Å². The third-order valence-corrected chi connectivity index (χ3v) is 7.51. The molecule has 0 N–H and O–H groups in total. The van der Waals surface area contributed by atoms with Crippen LogP contribution in [0, 0.1) is 0 Å². The Labute approximate surface area is 271 Å². The quantitative estimate of drug-likeness (QED) is 0.237. The van der Waals surface area contributed by atoms with Crippen LogP contribution in [-0.2, 0) is 9.59 Å². The molecule has 0 spiro atoms. The Morgan fingerprint density at radius 1 is 0.609 bits per heavy atom. The van der Waals surface area contributed by atoms with Crippen LogP contribution in [0.2, 0.25) is 0 Å². The summed E-state index contributed by atoms with van der Waals surface area (Å²) >= 11 is 0. The Balaban J connectivity index is 1.65. The number of hydrogen-bond acceptors (Lipinski definition) is 9. The number of amides is 2. The van der Waals surface area contributed by atoms with E-state index in [-0.39, 0.29) is 17.9 Å². The molecule has 3 rings (SSSR count). The summed E-state index contributed by atoms with van der Waals surface area (Å²) < 4.78 is 32.4. The molecular formula is C35H45N3O8. The van der Waals surface area contributed by atoms with E-state index in [1.54, 1.807) is 76.8 Å². The third kappa shape index (κ3) is 9.31. The number of rotatable bonds is 13. The molecule has 0 radical (unpaired) electrons. The maximum atomic E-state index is 13.1. The average Bonchev–Trinajstić information content (AvgIpc) is 3.31. The molecule has 1 aliphatic heterocycles. The zero-order valence-corrected chi connectivity index (χ0v) is 27.9. The van der Waals surface area contributed by atoms with Gasteiger partial charge in [-0.05, 0) is 49.5 Å². The summed E-state index contributed by atoms with van der Waals surface area (Å²) in [5, 5.41) is 0. The van der Waals surface area contributed by atoms with Crippen molar-refractivity contribution in [3.63, 3.8) is 0 Å². The average molecular weight is 636 g/mol. The van der Waals surface area contributed by atoms with Crippen molar-refractivity contribution in [2.24, 2.45) is 0 Å². The molecule has 2 aromatic rings. The first kappa shape index (κ1) is 35.6. The first-order valence-electron chi connectivity index (χ1n) is 14.7. The molecule has 2 amide bonds. The largest absolute Gasteiger partial charge is 0.493 e. The Morgan fingerprint density at radius 3 is 1.24 bits per heavy atom. The van der Waals surface area contributed by atoms with E-state index in [1.807, 2.05) is 55.4 Å². The molecule has 1 aliphatic rings. The van der Waals surface area contributed by atoms with Gasteiger partial charge in [0.25, 0.3) is 0 Å². The predicted molar refractivity (Wildman–Crippen MR) is 179 cm³/mol. The molecule has 0 aromatic heterocycles. The van der Waals surface area contributed by atoms with Crippen molar-refractivity contribution in [1.82, 2.24) is 14.7 Å². The van der Waals surface area contributed by atoms with Gasteiger partial charge in [0.05, 0.1) is 42.7 Å². The van der Waals surface area contributed by atoms with Gasteiger partial charge in [0.15, 0.2) is 23.0 Å². The molecule has 11 heteroatoms. The number of carbonyl (C=O) groups excluding carboxylic acids is 2. The fraction of sp³-hybridized carbons (Fsp3) is 0.371. The number of hydrogen-bond donors (Lipinski definition) is 0. The van der Waals surface area contributed by atoms with Gasteiger partial charge >= 0.3 is 0 Å². The van der Waals surface area contributed by atoms with Gasteiger partial charge in [-0.15, -0.1) is 0 Å². The maximum Gasteiger partial charge on any atom is 0.246 e. The van der Waals surface area contributed by atoms with E-state index in [0.29, 0.717) is 60.7 Å². The number of likely N-dealkylation sites (N-methyl/N-ethyl adjacent to an activating group) is 1. The smallest absolute Gasteiger partial charge is 0.246 e. The zero-order chi connectivity index (χ0) is 33.6. The first-order chi connectivity index (χ1) is 22.2. The van der Waals surface area contributed by atoms with Crippen LogP contribution >= 0.6 is 0 Å². The molecule has 0 bridgehead atoms. The Hall–Kier alpha value is -4.90. The number of methoxy groups -OCH3 is 6. The number of allylic oxidation sites excluding steroid dienone is 4. The van der Waals surface area contributed by atoms with Crippen molar-refractivity contribution in [3.05, 3.63) is 71.8 Å². The summed E-state index contributed by atoms with van der Waals surface area (Å²) in [6, 6.07) is 7.28. The molecule has 0 atom stereocenters. The number of carbonyl (C=O) groups is 2. The number of benzene rings is 2. The van der Waals surface area contributed by atoms with Gasteiger partial charge in [0.1, 0.15) is 0 Å². The fourth-order valence-corrected chi connectivity index (χ4v) is 4.93. The molecule has 46 heavy (non-hydrogen) atoms. The number of ether oxygens (including phenoxy) is 6. The van der Waals surface area contributed by atoms with Crippen LogP contribution in [0.5, 0.6) is 34.5 Å². The minimum absolute atomic E-state index is 0.0262. The summed E-state index contributed by atoms with van der Waals surface area (Å²) in [6.07, 6.45) is 13.7. The van der Waals surface area contributed by atoms with Gasteiger partial charge in [0, 0.05) is 44.4 Å². The van der Waals surface area contributed by atoms with Crippen LogP contribution in [0.15, 0.2) is 60.7 Å². The maximum absolute atomic E-state index is 13.1. The second-order valence-corrected chi connectivity index (χ2v) is 10.5. The van der Waals surface area contributed by atoms with Crippen LogP contribution in [0.1, 0.15) is 11.1 Å². The van der Waals surface area contributed by atoms with Crippen molar-refractivity contribution >= 4 is 24.0 Å². The Bertz CT molecular complexity index is 1310. The molecule has 1 heterocycles. The Kier molecular flexibility index (Phi) is 13.6. The molecule has 11 nitrogen and oxygen atoms in total. The van der Waals surface area contributed by atoms with Crippen molar-refractivity contribution < 1.29 is 38.0 Å². The molecule has 0 unspecified atom stereocenters. The van der Waals surface area contributed by atoms with Crippen LogP contribution in [-0.4, -0.2) is 115 Å². The summed E-state index contributed by atoms with van der Waals surface area (Å²) in [4.78, 5) is 31.9. The molecule has 1 saturated heterocycles. The van der Waals surface area contributed by atoms with Crippen LogP contribution in [0.3, 0.4) is 0 Å². The number of nitrogens with zero attached hydrogens (tertiary/aromatic N) is 3. The summed E-state index contributed by atoms with van der Waals surface area (Å²) in [7, 11) is 13.3. The zero-order valence-electron chi connectivity index (χ0n) is 27.9. The fourth-order valence-electron chi connectivity index (χ4n) is 4.93. The second kappa shape index (κ2) is 17.6. The van der Waals surface area contributed by atoms with E-state index < -0.39 is 0 Å². The molecule has 248 valence electrons. The van der Waals surface area contributed by atoms with Gasteiger partial charge < -0.3 is 43.1 Å². The van der Waals surface area contributed by atoms with Crippen molar-refractivity contribution in [2.75, 3.05) is 82.9 Å². The van der Waals surface area contributed by atoms with E-state index >= 15 is 0 Å². The van der Waals surface area contributed by atoms with E-state index in [1.165, 1.54) is 12.2 Å². The third-order valence-electron chi connectivity index (χ3n) is 7.51. The SMILES string of the molecule is COc1cc(/C=C/C=C/C(=O)N2CCN(C(=O)/C=C/C=C/c3cc(OC)c(OC)c(OC)c3)CC(N(C)C)C2)cc(OC)c1OC. The van der Waals surface area contributed by atoms with E-state index in [0.717, 1.165) is 11.1 Å². The molecular weight excluding hydrogens is 590 g/mol. The lowest BCUT2D eigenvalue weighted by Gasteiger charge is -2.28. The minimum Gasteiger partial charge on any atom is -0.493 e. The topological polar surface area (TPSA) is 99.2 Å². The Morgan fingerprint density at radius 2 is 0.957 bits per heavy atom. The van der Waals surface area contributed by atoms with E-state index in [2.05, 4.69) is 0 Å². The van der Waals surface area contributed by atoms with Gasteiger partial charge in [-0.2, -0.15) is 0 Å². The molecule has 0 aliphatic carbocycles. The highest BCUT2D eigenvalue weighted by atomic mass is 16.5. The first-order valence-corrected chi connectivity index (χ1v) is 14.7. The lowest BCUT2D eigenvalue weighted by Crippen LogP contribution is -2.45. The minimum atomic E-state index is -0.125. The standard InChI is InChI=1S/C35H45N3O8/c1-36(2)27-23-37(32(39)15-11-9-13-25-19-28(41-3)34(45-7)29(20-25)42-4)17-18-38(24-27)33(40)16-12-10-14-26-21-30(43-5)35(46-8)31(22-26)44-6/h9-16,19-22,27H,17-18,23-24H2,1-8H3/b13-9+,14-10+,15-11+,16-12+. The highest BCUT2D eigenvalue weighted by Gasteiger charge is 2.27. The summed E-state index contributed by atoms with van der Waals surface area (Å²) in [5.41, 5.74) is 1.66. The highest BCUT2D eigenvalue weighted by Crippen LogP contribution is 2.39. The van der Waals surface area contributed by atoms with Gasteiger partial charge in [-0.3, -0.25) is 9.59 Å². The lowest BCUT2D eigenvalue weighted by molar-refractivity contribution is -0.128. The predicted octanol–water partition coefficient (Wildman–Crippen LogP) is 4.18. The van der Waals surface area contributed by atoms with E-state index in [9.17, 15) is 9.59 Å². The lowest BCUT2D eigenvalue weighted by atomic mass is 10.1. The van der Waals surface area contributed by atoms with Crippen molar-refractivity contribution in [1.29, 1.82) is 0 Å². The second-order valence-electron chi connectivity index (χ2n) is 10.5. The van der Waals surface area contributed by atoms with Crippen molar-refractivity contribution in [3.8, 4) is 34.5 Å². The van der Waals surface area contributed by atoms with Crippen molar-refractivity contribution in [2.45, 2.75) is 6.04 Å². The highest BCUT2D eigenvalue weighted by molar-refractivity contribution is 5.89. The monoisotopic (exact) mass is 635 g/mol. The molecule has 0 saturated carbocycles. The summed E-state index contributed by atoms with van der Waals surface area (Å²) in [5.74, 6) is 2.96. The van der Waals surface area contributed by atoms with E-state index in [4.69, 9.17) is 28.4 Å². The summed E-state index contributed by atoms with van der Waals surface area (Å²) in [6.45, 7) is 1.85. The van der Waals surface area contributed by atoms with Crippen LogP contribution < -0.4 is 28.4 Å². The van der Waals surface area contributed by atoms with Gasteiger partial charge in [-0.1, -0.05) is 36.5 Å².